The van der Waals surface area contributed by atoms with Crippen molar-refractivity contribution >= 4 is 30.5 Å². The molecule has 1 aliphatic rings. The van der Waals surface area contributed by atoms with Gasteiger partial charge >= 0.3 is 0 Å². The molecule has 4 nitrogen and oxygen atoms in total. The normalized spacial score (nSPS) is 16.9. The Morgan fingerprint density at radius 1 is 1.15 bits per heavy atom. The van der Waals surface area contributed by atoms with Gasteiger partial charge in [-0.1, -0.05) is 12.1 Å². The van der Waals surface area contributed by atoms with Crippen LogP contribution in [0.4, 0.5) is 5.69 Å². The highest BCUT2D eigenvalue weighted by atomic mass is 35.5. The lowest BCUT2D eigenvalue weighted by molar-refractivity contribution is 0.246. The van der Waals surface area contributed by atoms with Gasteiger partial charge in [-0.05, 0) is 19.1 Å². The second-order valence-corrected chi connectivity index (χ2v) is 4.94. The quantitative estimate of drug-likeness (QED) is 0.921. The summed E-state index contributed by atoms with van der Waals surface area (Å²) in [6, 6.07) is 8.47. The van der Waals surface area contributed by atoms with Gasteiger partial charge in [0, 0.05) is 38.8 Å². The Bertz CT molecular complexity index is 382. The van der Waals surface area contributed by atoms with Gasteiger partial charge in [-0.3, -0.25) is 4.90 Å². The SMILES string of the molecule is COc1ccccc1N1CCN(CC(C)N)CC1.Cl.Cl. The zero-order valence-corrected chi connectivity index (χ0v) is 13.8. The first-order valence-corrected chi connectivity index (χ1v) is 6.56. The summed E-state index contributed by atoms with van der Waals surface area (Å²) in [4.78, 5) is 4.81. The Morgan fingerprint density at radius 2 is 1.75 bits per heavy atom. The van der Waals surface area contributed by atoms with Crippen LogP contribution in [0, 0.1) is 0 Å². The third-order valence-electron chi connectivity index (χ3n) is 3.34. The molecule has 1 atom stereocenters. The van der Waals surface area contributed by atoms with Crippen molar-refractivity contribution in [2.24, 2.45) is 5.73 Å². The van der Waals surface area contributed by atoms with Crippen LogP contribution in [0.15, 0.2) is 24.3 Å². The first kappa shape index (κ1) is 19.3. The van der Waals surface area contributed by atoms with E-state index in [0.717, 1.165) is 38.5 Å². The van der Waals surface area contributed by atoms with Crippen molar-refractivity contribution in [3.05, 3.63) is 24.3 Å². The maximum Gasteiger partial charge on any atom is 0.142 e. The summed E-state index contributed by atoms with van der Waals surface area (Å²) in [5, 5.41) is 0. The number of nitrogens with two attached hydrogens (primary N) is 1. The zero-order chi connectivity index (χ0) is 13.0. The Balaban J connectivity index is 0.00000180. The van der Waals surface area contributed by atoms with Gasteiger partial charge in [0.25, 0.3) is 0 Å². The summed E-state index contributed by atoms with van der Waals surface area (Å²) in [7, 11) is 1.73. The van der Waals surface area contributed by atoms with Crippen molar-refractivity contribution in [1.29, 1.82) is 0 Å². The maximum atomic E-state index is 5.84. The molecular weight excluding hydrogens is 297 g/mol. The van der Waals surface area contributed by atoms with Gasteiger partial charge in [0.2, 0.25) is 0 Å². The predicted octanol–water partition coefficient (Wildman–Crippen LogP) is 2.01. The Kier molecular flexibility index (Phi) is 8.98. The van der Waals surface area contributed by atoms with E-state index in [9.17, 15) is 0 Å². The third kappa shape index (κ3) is 5.02. The number of ether oxygens (including phenoxy) is 1. The Morgan fingerprint density at radius 3 is 2.30 bits per heavy atom. The lowest BCUT2D eigenvalue weighted by Crippen LogP contribution is -2.49. The fraction of sp³-hybridized carbons (Fsp3) is 0.571. The van der Waals surface area contributed by atoms with E-state index < -0.39 is 0 Å². The van der Waals surface area contributed by atoms with Crippen LogP contribution in [0.5, 0.6) is 5.75 Å². The van der Waals surface area contributed by atoms with Crippen LogP contribution in [0.2, 0.25) is 0 Å². The molecule has 6 heteroatoms. The standard InChI is InChI=1S/C14H23N3O.2ClH/c1-12(15)11-16-7-9-17(10-8-16)13-5-3-4-6-14(13)18-2;;/h3-6,12H,7-11,15H2,1-2H3;2*1H. The third-order valence-corrected chi connectivity index (χ3v) is 3.34. The molecule has 20 heavy (non-hydrogen) atoms. The molecule has 0 amide bonds. The number of benzene rings is 1. The van der Waals surface area contributed by atoms with Crippen molar-refractivity contribution in [3.8, 4) is 5.75 Å². The van der Waals surface area contributed by atoms with Gasteiger partial charge in [0.1, 0.15) is 5.75 Å². The van der Waals surface area contributed by atoms with Crippen molar-refractivity contribution < 1.29 is 4.74 Å². The van der Waals surface area contributed by atoms with E-state index in [1.807, 2.05) is 12.1 Å². The summed E-state index contributed by atoms with van der Waals surface area (Å²) in [6.07, 6.45) is 0. The van der Waals surface area contributed by atoms with Crippen LogP contribution in [0.25, 0.3) is 0 Å². The van der Waals surface area contributed by atoms with Crippen molar-refractivity contribution in [1.82, 2.24) is 4.90 Å². The molecule has 1 heterocycles. The van der Waals surface area contributed by atoms with E-state index >= 15 is 0 Å². The van der Waals surface area contributed by atoms with E-state index in [4.69, 9.17) is 10.5 Å². The van der Waals surface area contributed by atoms with Gasteiger partial charge in [0.15, 0.2) is 0 Å². The minimum Gasteiger partial charge on any atom is -0.495 e. The van der Waals surface area contributed by atoms with Crippen LogP contribution in [-0.4, -0.2) is 50.8 Å². The van der Waals surface area contributed by atoms with E-state index in [1.165, 1.54) is 5.69 Å². The molecule has 1 aromatic rings. The minimum absolute atomic E-state index is 0. The molecule has 0 saturated carbocycles. The van der Waals surface area contributed by atoms with Crippen LogP contribution in [0.1, 0.15) is 6.92 Å². The second kappa shape index (κ2) is 9.29. The first-order chi connectivity index (χ1) is 8.70. The Hall–Kier alpha value is -0.680. The number of methoxy groups -OCH3 is 1. The molecular formula is C14H25Cl2N3O. The molecule has 1 saturated heterocycles. The lowest BCUT2D eigenvalue weighted by Gasteiger charge is -2.37. The first-order valence-electron chi connectivity index (χ1n) is 6.56. The zero-order valence-electron chi connectivity index (χ0n) is 12.1. The van der Waals surface area contributed by atoms with Crippen LogP contribution < -0.4 is 15.4 Å². The van der Waals surface area contributed by atoms with Gasteiger partial charge in [0.05, 0.1) is 12.8 Å². The molecule has 2 rings (SSSR count). The molecule has 0 aliphatic carbocycles. The van der Waals surface area contributed by atoms with Gasteiger partial charge < -0.3 is 15.4 Å². The molecule has 1 unspecified atom stereocenters. The summed E-state index contributed by atoms with van der Waals surface area (Å²) in [6.45, 7) is 7.26. The highest BCUT2D eigenvalue weighted by molar-refractivity contribution is 5.85. The predicted molar refractivity (Wildman–Crippen MR) is 89.8 cm³/mol. The number of anilines is 1. The number of nitrogens with zero attached hydrogens (tertiary/aromatic N) is 2. The highest BCUT2D eigenvalue weighted by Gasteiger charge is 2.19. The van der Waals surface area contributed by atoms with E-state index in [1.54, 1.807) is 7.11 Å². The summed E-state index contributed by atoms with van der Waals surface area (Å²) >= 11 is 0. The molecule has 1 aliphatic heterocycles. The largest absolute Gasteiger partial charge is 0.495 e. The number of halogens is 2. The fourth-order valence-electron chi connectivity index (χ4n) is 2.47. The molecule has 2 N–H and O–H groups in total. The van der Waals surface area contributed by atoms with Crippen LogP contribution >= 0.6 is 24.8 Å². The number of hydrogen-bond acceptors (Lipinski definition) is 4. The van der Waals surface area contributed by atoms with E-state index in [2.05, 4.69) is 28.9 Å². The van der Waals surface area contributed by atoms with Gasteiger partial charge in [-0.25, -0.2) is 0 Å². The summed E-state index contributed by atoms with van der Waals surface area (Å²) in [5.74, 6) is 0.957. The Labute approximate surface area is 134 Å². The molecule has 0 spiro atoms. The minimum atomic E-state index is 0. The average molecular weight is 322 g/mol. The van der Waals surface area contributed by atoms with Crippen molar-refractivity contribution in [2.45, 2.75) is 13.0 Å². The monoisotopic (exact) mass is 321 g/mol. The molecule has 116 valence electrons. The van der Waals surface area contributed by atoms with Gasteiger partial charge in [-0.15, -0.1) is 24.8 Å². The number of piperazine rings is 1. The van der Waals surface area contributed by atoms with Crippen molar-refractivity contribution in [2.75, 3.05) is 44.7 Å². The second-order valence-electron chi connectivity index (χ2n) is 4.94. The van der Waals surface area contributed by atoms with Crippen LogP contribution in [-0.2, 0) is 0 Å². The highest BCUT2D eigenvalue weighted by Crippen LogP contribution is 2.28. The number of para-hydroxylation sites is 2. The van der Waals surface area contributed by atoms with E-state index in [0.29, 0.717) is 0 Å². The van der Waals surface area contributed by atoms with Crippen LogP contribution in [0.3, 0.4) is 0 Å². The van der Waals surface area contributed by atoms with E-state index in [-0.39, 0.29) is 30.9 Å². The molecule has 0 bridgehead atoms. The smallest absolute Gasteiger partial charge is 0.142 e. The summed E-state index contributed by atoms with van der Waals surface area (Å²) < 4.78 is 5.41. The lowest BCUT2D eigenvalue weighted by atomic mass is 10.2. The number of hydrogen-bond donors (Lipinski definition) is 1. The average Bonchev–Trinajstić information content (AvgIpc) is 2.39. The maximum absolute atomic E-state index is 5.84. The molecule has 1 fully saturated rings. The molecule has 0 radical (unpaired) electrons. The van der Waals surface area contributed by atoms with Gasteiger partial charge in [-0.2, -0.15) is 0 Å². The summed E-state index contributed by atoms with van der Waals surface area (Å²) in [5.41, 5.74) is 7.03. The molecule has 1 aromatic carbocycles. The topological polar surface area (TPSA) is 41.7 Å². The fourth-order valence-corrected chi connectivity index (χ4v) is 2.47. The van der Waals surface area contributed by atoms with Crippen molar-refractivity contribution in [3.63, 3.8) is 0 Å². The molecule has 0 aromatic heterocycles. The number of rotatable bonds is 4.